The van der Waals surface area contributed by atoms with Crippen LogP contribution < -0.4 is 42.4 Å². The number of hydrogen-bond acceptors (Lipinski definition) is 13. The smallest absolute Gasteiger partial charge is 0.259 e. The second-order valence-corrected chi connectivity index (χ2v) is 18.7. The summed E-state index contributed by atoms with van der Waals surface area (Å²) < 4.78 is 0. The van der Waals surface area contributed by atoms with Crippen LogP contribution in [0.25, 0.3) is 22.3 Å². The lowest BCUT2D eigenvalue weighted by atomic mass is 10.1. The Balaban J connectivity index is 0.000000151. The van der Waals surface area contributed by atoms with Crippen LogP contribution in [0.15, 0.2) is 150 Å². The lowest BCUT2D eigenvalue weighted by Crippen LogP contribution is -2.44. The van der Waals surface area contributed by atoms with Crippen molar-refractivity contribution in [3.05, 3.63) is 178 Å². The molecule has 4 aliphatic rings. The molecule has 3 fully saturated rings. The number of aromatic nitrogens is 2. The van der Waals surface area contributed by atoms with Gasteiger partial charge in [-0.05, 0) is 124 Å². The third kappa shape index (κ3) is 13.9. The van der Waals surface area contributed by atoms with Gasteiger partial charge in [-0.3, -0.25) is 19.2 Å². The molecule has 0 saturated carbocycles. The first-order valence-electron chi connectivity index (χ1n) is 24.8. The highest BCUT2D eigenvalue weighted by atomic mass is 16.2. The molecular formula is C57H68N12O5. The standard InChI is InChI=1S/C19H22N4O.C19H20N4O.C12H16N2O.C7H8N2O.H2O/c2*1-22-10-12-23(13-11-22)15-8-6-14(7-9-15)18-20-17-5-3-2-4-16(17)19(24)21-18;1-13-6-8-14(9-7-13)12-4-2-11(10-15)3-5-12;8-6-4-2-1-3-5(6)7(9)10;/h2-9,18,20H,10-13H2,1H3,(H,21,24);2-9H,10-13H2,1H3,(H,20,21,24);2-5,10H,6-9H2,1H3;1-4H,8H2,(H2,9,10);1H2. The van der Waals surface area contributed by atoms with Gasteiger partial charge in [0.05, 0.1) is 22.0 Å². The van der Waals surface area contributed by atoms with Gasteiger partial charge in [0, 0.05) is 118 Å². The second kappa shape index (κ2) is 25.5. The Hall–Kier alpha value is -8.09. The molecule has 0 radical (unpaired) electrons. The monoisotopic (exact) mass is 1000 g/mol. The molecule has 1 atom stereocenters. The molecule has 9 N–H and O–H groups in total. The minimum Gasteiger partial charge on any atom is -0.412 e. The maximum atomic E-state index is 12.3. The zero-order valence-electron chi connectivity index (χ0n) is 42.4. The summed E-state index contributed by atoms with van der Waals surface area (Å²) in [4.78, 5) is 67.2. The fraction of sp³-hybridized carbons (Fsp3) is 0.281. The van der Waals surface area contributed by atoms with E-state index in [2.05, 4.69) is 108 Å². The number of para-hydroxylation sites is 3. The summed E-state index contributed by atoms with van der Waals surface area (Å²) in [6, 6.07) is 46.3. The Bertz CT molecular complexity index is 3000. The van der Waals surface area contributed by atoms with Crippen molar-refractivity contribution in [3.8, 4) is 11.4 Å². The molecule has 0 aliphatic carbocycles. The van der Waals surface area contributed by atoms with Gasteiger partial charge in [-0.15, -0.1) is 0 Å². The Morgan fingerprint density at radius 1 is 0.581 bits per heavy atom. The predicted molar refractivity (Wildman–Crippen MR) is 298 cm³/mol. The SMILES string of the molecule is CN1CCN(c2ccc(-c3nc4ccccc4c(=O)[nH]3)cc2)CC1.CN1CCN(c2ccc(C3NC(=O)c4ccccc4N3)cc2)CC1.CN1CCN(c2ccc(C=O)cc2)CC1.NC(=O)c1ccccc1N.O. The van der Waals surface area contributed by atoms with E-state index in [-0.39, 0.29) is 23.1 Å². The molecule has 0 bridgehead atoms. The van der Waals surface area contributed by atoms with E-state index in [0.29, 0.717) is 28.0 Å². The van der Waals surface area contributed by atoms with E-state index in [4.69, 9.17) is 11.5 Å². The summed E-state index contributed by atoms with van der Waals surface area (Å²) in [6.07, 6.45) is 0.697. The van der Waals surface area contributed by atoms with E-state index in [1.807, 2.05) is 78.9 Å². The number of nitrogens with zero attached hydrogens (tertiary/aromatic N) is 7. The number of H-pyrrole nitrogens is 1. The van der Waals surface area contributed by atoms with Gasteiger partial charge in [0.2, 0.25) is 0 Å². The molecule has 7 aromatic rings. The molecule has 1 aromatic heterocycles. The lowest BCUT2D eigenvalue weighted by Gasteiger charge is -2.34. The van der Waals surface area contributed by atoms with Gasteiger partial charge in [-0.1, -0.05) is 48.5 Å². The van der Waals surface area contributed by atoms with Crippen molar-refractivity contribution in [2.24, 2.45) is 5.73 Å². The molecule has 5 heterocycles. The number of carbonyl (C=O) groups is 3. The number of primary amides is 1. The third-order valence-electron chi connectivity index (χ3n) is 13.6. The Labute approximate surface area is 432 Å². The fourth-order valence-electron chi connectivity index (χ4n) is 8.98. The highest BCUT2D eigenvalue weighted by molar-refractivity contribution is 6.01. The highest BCUT2D eigenvalue weighted by Crippen LogP contribution is 2.28. The van der Waals surface area contributed by atoms with Gasteiger partial charge in [0.1, 0.15) is 18.3 Å². The zero-order chi connectivity index (χ0) is 51.3. The Morgan fingerprint density at radius 2 is 1.05 bits per heavy atom. The molecule has 11 rings (SSSR count). The molecule has 0 spiro atoms. The van der Waals surface area contributed by atoms with Crippen molar-refractivity contribution < 1.29 is 19.9 Å². The number of carbonyl (C=O) groups excluding carboxylic acids is 3. The summed E-state index contributed by atoms with van der Waals surface area (Å²) in [5.74, 6) is 0.0965. The number of piperazine rings is 3. The molecular weight excluding hydrogens is 933 g/mol. The number of hydrogen-bond donors (Lipinski definition) is 5. The maximum Gasteiger partial charge on any atom is 0.259 e. The molecule has 386 valence electrons. The van der Waals surface area contributed by atoms with Crippen LogP contribution in [0.5, 0.6) is 0 Å². The van der Waals surface area contributed by atoms with E-state index in [1.54, 1.807) is 30.3 Å². The third-order valence-corrected chi connectivity index (χ3v) is 13.6. The molecule has 2 amide bonds. The number of rotatable bonds is 7. The number of nitrogens with one attached hydrogen (secondary N) is 3. The van der Waals surface area contributed by atoms with Crippen molar-refractivity contribution in [1.82, 2.24) is 30.0 Å². The zero-order valence-corrected chi connectivity index (χ0v) is 42.4. The summed E-state index contributed by atoms with van der Waals surface area (Å²) in [5.41, 5.74) is 19.8. The van der Waals surface area contributed by atoms with Crippen LogP contribution in [0.1, 0.15) is 42.8 Å². The number of amides is 2. The van der Waals surface area contributed by atoms with Gasteiger partial charge in [0.15, 0.2) is 0 Å². The van der Waals surface area contributed by atoms with Gasteiger partial charge in [-0.25, -0.2) is 4.98 Å². The molecule has 1 unspecified atom stereocenters. The average molecular weight is 1000 g/mol. The molecule has 3 saturated heterocycles. The number of aldehydes is 1. The quantitative estimate of drug-likeness (QED) is 0.0995. The molecule has 74 heavy (non-hydrogen) atoms. The topological polar surface area (TPSA) is 224 Å². The molecule has 17 heteroatoms. The Morgan fingerprint density at radius 3 is 1.57 bits per heavy atom. The normalized spacial score (nSPS) is 16.8. The molecule has 6 aromatic carbocycles. The van der Waals surface area contributed by atoms with Crippen molar-refractivity contribution in [2.45, 2.75) is 6.17 Å². The van der Waals surface area contributed by atoms with Gasteiger partial charge in [0.25, 0.3) is 17.4 Å². The molecule has 4 aliphatic heterocycles. The van der Waals surface area contributed by atoms with Gasteiger partial charge < -0.3 is 62.0 Å². The summed E-state index contributed by atoms with van der Waals surface area (Å²) in [6.45, 7) is 12.9. The van der Waals surface area contributed by atoms with Gasteiger partial charge in [-0.2, -0.15) is 0 Å². The minimum atomic E-state index is -0.488. The van der Waals surface area contributed by atoms with Crippen molar-refractivity contribution in [3.63, 3.8) is 0 Å². The van der Waals surface area contributed by atoms with Crippen LogP contribution in [0.3, 0.4) is 0 Å². The van der Waals surface area contributed by atoms with Crippen molar-refractivity contribution in [1.29, 1.82) is 0 Å². The minimum absolute atomic E-state index is 0. The first kappa shape index (κ1) is 53.7. The highest BCUT2D eigenvalue weighted by Gasteiger charge is 2.25. The second-order valence-electron chi connectivity index (χ2n) is 18.7. The maximum absolute atomic E-state index is 12.3. The lowest BCUT2D eigenvalue weighted by molar-refractivity contribution is 0.0934. The predicted octanol–water partition coefficient (Wildman–Crippen LogP) is 5.43. The van der Waals surface area contributed by atoms with E-state index >= 15 is 0 Å². The number of likely N-dealkylation sites (N-methyl/N-ethyl adjacent to an activating group) is 3. The summed E-state index contributed by atoms with van der Waals surface area (Å²) in [5, 5.41) is 7.04. The van der Waals surface area contributed by atoms with E-state index in [0.717, 1.165) is 113 Å². The van der Waals surface area contributed by atoms with Gasteiger partial charge >= 0.3 is 0 Å². The first-order chi connectivity index (χ1) is 35.4. The number of aromatic amines is 1. The van der Waals surface area contributed by atoms with Crippen LogP contribution in [0.2, 0.25) is 0 Å². The fourth-order valence-corrected chi connectivity index (χ4v) is 8.98. The van der Waals surface area contributed by atoms with Crippen molar-refractivity contribution >= 4 is 57.4 Å². The molecule has 17 nitrogen and oxygen atoms in total. The number of benzene rings is 6. The largest absolute Gasteiger partial charge is 0.412 e. The number of nitrogens with two attached hydrogens (primary N) is 2. The van der Waals surface area contributed by atoms with E-state index in [9.17, 15) is 19.2 Å². The Kier molecular flexibility index (Phi) is 18.5. The van der Waals surface area contributed by atoms with E-state index in [1.165, 1.54) is 17.1 Å². The number of nitrogen functional groups attached to an aromatic ring is 1. The van der Waals surface area contributed by atoms with Crippen LogP contribution >= 0.6 is 0 Å². The van der Waals surface area contributed by atoms with Crippen LogP contribution in [-0.4, -0.2) is 148 Å². The van der Waals surface area contributed by atoms with Crippen LogP contribution in [0, 0.1) is 0 Å². The summed E-state index contributed by atoms with van der Waals surface area (Å²) in [7, 11) is 6.46. The van der Waals surface area contributed by atoms with Crippen LogP contribution in [0.4, 0.5) is 28.4 Å². The number of fused-ring (bicyclic) bond motifs is 2. The summed E-state index contributed by atoms with van der Waals surface area (Å²) >= 11 is 0. The first-order valence-corrected chi connectivity index (χ1v) is 24.8. The number of anilines is 5. The van der Waals surface area contributed by atoms with Crippen molar-refractivity contribution in [2.75, 3.05) is 125 Å². The van der Waals surface area contributed by atoms with E-state index < -0.39 is 5.91 Å². The van der Waals surface area contributed by atoms with Crippen LogP contribution in [-0.2, 0) is 0 Å². The average Bonchev–Trinajstić information content (AvgIpc) is 3.42.